The minimum Gasteiger partial charge on any atom is -0.322 e. The molecule has 2 aromatic rings. The largest absolute Gasteiger partial charge is 0.322 e. The van der Waals surface area contributed by atoms with Gasteiger partial charge in [0.1, 0.15) is 4.90 Å². The lowest BCUT2D eigenvalue weighted by atomic mass is 10.1. The number of hydrogen-bond acceptors (Lipinski definition) is 3. The maximum absolute atomic E-state index is 12.9. The summed E-state index contributed by atoms with van der Waals surface area (Å²) in [6.45, 7) is 2.79. The minimum atomic E-state index is -3.74. The molecule has 0 radical (unpaired) electrons. The van der Waals surface area contributed by atoms with E-state index in [1.807, 2.05) is 6.92 Å². The molecule has 0 bridgehead atoms. The molecule has 8 heteroatoms. The minimum absolute atomic E-state index is 0.0402. The van der Waals surface area contributed by atoms with Crippen LogP contribution in [0, 0.1) is 6.92 Å². The Bertz CT molecular complexity index is 971. The molecule has 5 nitrogen and oxygen atoms in total. The van der Waals surface area contributed by atoms with E-state index in [4.69, 9.17) is 23.2 Å². The predicted octanol–water partition coefficient (Wildman–Crippen LogP) is 4.73. The van der Waals surface area contributed by atoms with Crippen molar-refractivity contribution in [3.05, 3.63) is 57.6 Å². The number of anilines is 1. The van der Waals surface area contributed by atoms with Gasteiger partial charge in [-0.2, -0.15) is 4.31 Å². The fraction of sp³-hybridized carbons (Fsp3) is 0.316. The van der Waals surface area contributed by atoms with Crippen LogP contribution in [0.15, 0.2) is 41.3 Å². The molecule has 0 aliphatic carbocycles. The lowest BCUT2D eigenvalue weighted by molar-refractivity contribution is 0.102. The molecule has 1 saturated heterocycles. The summed E-state index contributed by atoms with van der Waals surface area (Å²) in [4.78, 5) is 12.6. The highest BCUT2D eigenvalue weighted by atomic mass is 35.5. The van der Waals surface area contributed by atoms with Gasteiger partial charge in [0, 0.05) is 29.4 Å². The summed E-state index contributed by atoms with van der Waals surface area (Å²) in [5.41, 5.74) is 1.64. The lowest BCUT2D eigenvalue weighted by Crippen LogP contribution is -2.35. The fourth-order valence-electron chi connectivity index (χ4n) is 3.01. The number of piperidine rings is 1. The third kappa shape index (κ3) is 4.46. The maximum atomic E-state index is 12.9. The molecule has 0 spiro atoms. The average molecular weight is 427 g/mol. The molecule has 2 aromatic carbocycles. The quantitative estimate of drug-likeness (QED) is 0.767. The van der Waals surface area contributed by atoms with Crippen LogP contribution in [0.1, 0.15) is 35.2 Å². The first-order valence-corrected chi connectivity index (χ1v) is 10.9. The topological polar surface area (TPSA) is 66.5 Å². The Labute approximate surface area is 169 Å². The molecule has 0 saturated carbocycles. The molecule has 0 aromatic heterocycles. The van der Waals surface area contributed by atoms with Gasteiger partial charge in [-0.3, -0.25) is 4.79 Å². The van der Waals surface area contributed by atoms with Gasteiger partial charge in [0.05, 0.1) is 5.02 Å². The molecule has 3 rings (SSSR count). The molecule has 1 fully saturated rings. The molecule has 1 amide bonds. The number of aryl methyl sites for hydroxylation is 1. The zero-order valence-electron chi connectivity index (χ0n) is 14.8. The Morgan fingerprint density at radius 2 is 1.74 bits per heavy atom. The van der Waals surface area contributed by atoms with Crippen molar-refractivity contribution in [3.8, 4) is 0 Å². The van der Waals surface area contributed by atoms with Gasteiger partial charge in [0.2, 0.25) is 10.0 Å². The molecular formula is C19H20Cl2N2O3S. The molecular weight excluding hydrogens is 407 g/mol. The fourth-order valence-corrected chi connectivity index (χ4v) is 5.20. The predicted molar refractivity (Wildman–Crippen MR) is 108 cm³/mol. The van der Waals surface area contributed by atoms with Crippen molar-refractivity contribution in [3.63, 3.8) is 0 Å². The molecule has 144 valence electrons. The summed E-state index contributed by atoms with van der Waals surface area (Å²) in [5, 5.41) is 3.38. The molecule has 0 unspecified atom stereocenters. The van der Waals surface area contributed by atoms with Crippen LogP contribution >= 0.6 is 23.2 Å². The van der Waals surface area contributed by atoms with Gasteiger partial charge >= 0.3 is 0 Å². The second-order valence-corrected chi connectivity index (χ2v) is 9.27. The van der Waals surface area contributed by atoms with Crippen LogP contribution in [0.3, 0.4) is 0 Å². The first-order chi connectivity index (χ1) is 12.8. The Morgan fingerprint density at radius 3 is 2.44 bits per heavy atom. The van der Waals surface area contributed by atoms with E-state index >= 15 is 0 Å². The van der Waals surface area contributed by atoms with Crippen LogP contribution in [0.2, 0.25) is 10.0 Å². The van der Waals surface area contributed by atoms with Crippen molar-refractivity contribution in [2.75, 3.05) is 18.4 Å². The molecule has 0 atom stereocenters. The number of nitrogens with one attached hydrogen (secondary N) is 1. The number of benzene rings is 2. The third-order valence-corrected chi connectivity index (χ3v) is 7.19. The second kappa shape index (κ2) is 8.19. The van der Waals surface area contributed by atoms with Crippen molar-refractivity contribution < 1.29 is 13.2 Å². The van der Waals surface area contributed by atoms with E-state index in [0.717, 1.165) is 24.8 Å². The monoisotopic (exact) mass is 426 g/mol. The van der Waals surface area contributed by atoms with Gasteiger partial charge in [-0.05, 0) is 55.7 Å². The van der Waals surface area contributed by atoms with Crippen molar-refractivity contribution >= 4 is 44.8 Å². The zero-order valence-corrected chi connectivity index (χ0v) is 17.2. The van der Waals surface area contributed by atoms with Crippen LogP contribution in [0.5, 0.6) is 0 Å². The Kier molecular flexibility index (Phi) is 6.11. The normalized spacial score (nSPS) is 15.5. The first kappa shape index (κ1) is 20.1. The SMILES string of the molecule is Cc1ccc(Cl)cc1NC(=O)c1ccc(Cl)c(S(=O)(=O)N2CCCCC2)c1. The van der Waals surface area contributed by atoms with Crippen LogP contribution in [-0.4, -0.2) is 31.7 Å². The molecule has 1 aliphatic heterocycles. The highest BCUT2D eigenvalue weighted by molar-refractivity contribution is 7.89. The number of rotatable bonds is 4. The summed E-state index contributed by atoms with van der Waals surface area (Å²) >= 11 is 12.1. The van der Waals surface area contributed by atoms with E-state index in [0.29, 0.717) is 23.8 Å². The number of carbonyl (C=O) groups is 1. The molecule has 27 heavy (non-hydrogen) atoms. The highest BCUT2D eigenvalue weighted by Gasteiger charge is 2.28. The Morgan fingerprint density at radius 1 is 1.04 bits per heavy atom. The smallest absolute Gasteiger partial charge is 0.255 e. The number of halogens is 2. The van der Waals surface area contributed by atoms with E-state index in [-0.39, 0.29) is 15.5 Å². The Balaban J connectivity index is 1.90. The number of nitrogens with zero attached hydrogens (tertiary/aromatic N) is 1. The third-order valence-electron chi connectivity index (χ3n) is 4.57. The molecule has 1 heterocycles. The van der Waals surface area contributed by atoms with E-state index in [2.05, 4.69) is 5.32 Å². The Hall–Kier alpha value is -1.60. The highest BCUT2D eigenvalue weighted by Crippen LogP contribution is 2.28. The van der Waals surface area contributed by atoms with Gasteiger partial charge in [-0.25, -0.2) is 8.42 Å². The van der Waals surface area contributed by atoms with E-state index in [1.165, 1.54) is 22.5 Å². The summed E-state index contributed by atoms with van der Waals surface area (Å²) in [7, 11) is -3.74. The van der Waals surface area contributed by atoms with Gasteiger partial charge < -0.3 is 5.32 Å². The van der Waals surface area contributed by atoms with Crippen LogP contribution in [0.25, 0.3) is 0 Å². The van der Waals surface area contributed by atoms with Crippen LogP contribution in [-0.2, 0) is 10.0 Å². The lowest BCUT2D eigenvalue weighted by Gasteiger charge is -2.26. The van der Waals surface area contributed by atoms with Crippen LogP contribution < -0.4 is 5.32 Å². The van der Waals surface area contributed by atoms with Crippen molar-refractivity contribution in [2.24, 2.45) is 0 Å². The van der Waals surface area contributed by atoms with Gasteiger partial charge in [-0.1, -0.05) is 35.7 Å². The second-order valence-electron chi connectivity index (χ2n) is 6.52. The molecule has 1 aliphatic rings. The summed E-state index contributed by atoms with van der Waals surface area (Å²) < 4.78 is 27.3. The van der Waals surface area contributed by atoms with E-state index < -0.39 is 15.9 Å². The van der Waals surface area contributed by atoms with Crippen molar-refractivity contribution in [2.45, 2.75) is 31.1 Å². The summed E-state index contributed by atoms with van der Waals surface area (Å²) in [5.74, 6) is -0.424. The summed E-state index contributed by atoms with van der Waals surface area (Å²) in [6.07, 6.45) is 2.66. The maximum Gasteiger partial charge on any atom is 0.255 e. The van der Waals surface area contributed by atoms with Gasteiger partial charge in [0.15, 0.2) is 0 Å². The molecule has 1 N–H and O–H groups in total. The number of amides is 1. The standard InChI is InChI=1S/C19H20Cl2N2O3S/c1-13-5-7-15(20)12-17(13)22-19(24)14-6-8-16(21)18(11-14)27(25,26)23-9-3-2-4-10-23/h5-8,11-12H,2-4,9-10H2,1H3,(H,22,24). The number of sulfonamides is 1. The average Bonchev–Trinajstić information content (AvgIpc) is 2.65. The number of carbonyl (C=O) groups excluding carboxylic acids is 1. The van der Waals surface area contributed by atoms with Crippen LogP contribution in [0.4, 0.5) is 5.69 Å². The summed E-state index contributed by atoms with van der Waals surface area (Å²) in [6, 6.07) is 9.46. The van der Waals surface area contributed by atoms with Crippen molar-refractivity contribution in [1.82, 2.24) is 4.31 Å². The van der Waals surface area contributed by atoms with Crippen molar-refractivity contribution in [1.29, 1.82) is 0 Å². The zero-order chi connectivity index (χ0) is 19.6. The van der Waals surface area contributed by atoms with E-state index in [9.17, 15) is 13.2 Å². The first-order valence-electron chi connectivity index (χ1n) is 8.66. The van der Waals surface area contributed by atoms with Gasteiger partial charge in [-0.15, -0.1) is 0 Å². The van der Waals surface area contributed by atoms with E-state index in [1.54, 1.807) is 18.2 Å². The van der Waals surface area contributed by atoms with Gasteiger partial charge in [0.25, 0.3) is 5.91 Å². The number of hydrogen-bond donors (Lipinski definition) is 1.